The van der Waals surface area contributed by atoms with Gasteiger partial charge in [-0.3, -0.25) is 4.90 Å². The van der Waals surface area contributed by atoms with Crippen molar-refractivity contribution in [3.8, 4) is 0 Å². The van der Waals surface area contributed by atoms with Gasteiger partial charge in [0.25, 0.3) is 0 Å². The Bertz CT molecular complexity index is 878. The molecular formula is C28H37NO2. The summed E-state index contributed by atoms with van der Waals surface area (Å²) in [5, 5.41) is 10.9. The summed E-state index contributed by atoms with van der Waals surface area (Å²) < 4.78 is 6.93. The number of benzene rings is 2. The fourth-order valence-electron chi connectivity index (χ4n) is 5.67. The van der Waals surface area contributed by atoms with E-state index in [-0.39, 0.29) is 17.9 Å². The Morgan fingerprint density at radius 3 is 2.58 bits per heavy atom. The highest BCUT2D eigenvalue weighted by Gasteiger charge is 2.51. The van der Waals surface area contributed by atoms with Crippen LogP contribution in [-0.2, 0) is 11.3 Å². The number of rotatable bonds is 6. The van der Waals surface area contributed by atoms with Crippen molar-refractivity contribution in [3.63, 3.8) is 0 Å². The predicted octanol–water partition coefficient (Wildman–Crippen LogP) is 6.41. The van der Waals surface area contributed by atoms with Crippen LogP contribution in [-0.4, -0.2) is 21.6 Å². The van der Waals surface area contributed by atoms with E-state index in [4.69, 9.17) is 4.74 Å². The van der Waals surface area contributed by atoms with Crippen LogP contribution in [0.15, 0.2) is 67.3 Å². The predicted molar refractivity (Wildman–Crippen MR) is 126 cm³/mol. The van der Waals surface area contributed by atoms with Crippen molar-refractivity contribution >= 4 is 0 Å². The molecule has 0 aromatic heterocycles. The van der Waals surface area contributed by atoms with Gasteiger partial charge in [-0.1, -0.05) is 74.0 Å². The number of hydrogen-bond donors (Lipinski definition) is 1. The molecule has 0 amide bonds. The molecule has 0 spiro atoms. The average molecular weight is 420 g/mol. The molecule has 1 aliphatic carbocycles. The van der Waals surface area contributed by atoms with Gasteiger partial charge in [-0.2, -0.15) is 0 Å². The summed E-state index contributed by atoms with van der Waals surface area (Å²) in [5.41, 5.74) is 3.30. The lowest BCUT2D eigenvalue weighted by Crippen LogP contribution is -2.61. The maximum atomic E-state index is 10.9. The lowest BCUT2D eigenvalue weighted by atomic mass is 9.69. The normalized spacial score (nSPS) is 29.2. The highest BCUT2D eigenvalue weighted by atomic mass is 16.5. The Morgan fingerprint density at radius 2 is 1.84 bits per heavy atom. The van der Waals surface area contributed by atoms with E-state index in [1.54, 1.807) is 6.08 Å². The van der Waals surface area contributed by atoms with E-state index in [0.29, 0.717) is 18.3 Å². The average Bonchev–Trinajstić information content (AvgIpc) is 2.76. The lowest BCUT2D eigenvalue weighted by molar-refractivity contribution is -0.241. The van der Waals surface area contributed by atoms with E-state index in [1.165, 1.54) is 18.4 Å². The number of aliphatic hydroxyl groups is 1. The van der Waals surface area contributed by atoms with Gasteiger partial charge < -0.3 is 9.84 Å². The van der Waals surface area contributed by atoms with Crippen LogP contribution in [0.2, 0.25) is 0 Å². The SMILES string of the molecule is C=CC[C@H](O)c1ccccc1[C@@H]1O[C@@H]2C[C@H](C)CC[C@H]2C(C)(C)N1Cc1ccccc1. The monoisotopic (exact) mass is 419 g/mol. The van der Waals surface area contributed by atoms with Gasteiger partial charge in [0, 0.05) is 23.6 Å². The maximum absolute atomic E-state index is 10.9. The van der Waals surface area contributed by atoms with Crippen LogP contribution >= 0.6 is 0 Å². The highest BCUT2D eigenvalue weighted by molar-refractivity contribution is 5.32. The summed E-state index contributed by atoms with van der Waals surface area (Å²) in [5.74, 6) is 1.20. The Hall–Kier alpha value is -1.94. The summed E-state index contributed by atoms with van der Waals surface area (Å²) in [7, 11) is 0. The highest BCUT2D eigenvalue weighted by Crippen LogP contribution is 2.50. The van der Waals surface area contributed by atoms with Crippen molar-refractivity contribution in [2.75, 3.05) is 0 Å². The molecule has 2 aromatic carbocycles. The van der Waals surface area contributed by atoms with Gasteiger partial charge in [-0.25, -0.2) is 0 Å². The van der Waals surface area contributed by atoms with E-state index in [2.05, 4.69) is 74.7 Å². The second-order valence-electron chi connectivity index (χ2n) is 9.99. The molecule has 166 valence electrons. The minimum Gasteiger partial charge on any atom is -0.388 e. The Morgan fingerprint density at radius 1 is 1.13 bits per heavy atom. The van der Waals surface area contributed by atoms with E-state index < -0.39 is 6.10 Å². The second kappa shape index (κ2) is 9.28. The number of nitrogens with zero attached hydrogens (tertiary/aromatic N) is 1. The zero-order valence-electron chi connectivity index (χ0n) is 19.2. The summed E-state index contributed by atoms with van der Waals surface area (Å²) in [6.45, 7) is 11.8. The van der Waals surface area contributed by atoms with Crippen LogP contribution < -0.4 is 0 Å². The molecule has 0 radical (unpaired) electrons. The first kappa shape index (κ1) is 22.3. The molecular weight excluding hydrogens is 382 g/mol. The number of fused-ring (bicyclic) bond motifs is 1. The third-order valence-electron chi connectivity index (χ3n) is 7.50. The van der Waals surface area contributed by atoms with Gasteiger partial charge in [-0.15, -0.1) is 6.58 Å². The van der Waals surface area contributed by atoms with Crippen LogP contribution in [0, 0.1) is 11.8 Å². The van der Waals surface area contributed by atoms with Crippen molar-refractivity contribution in [3.05, 3.63) is 83.9 Å². The van der Waals surface area contributed by atoms with Crippen molar-refractivity contribution in [2.24, 2.45) is 11.8 Å². The molecule has 2 fully saturated rings. The molecule has 31 heavy (non-hydrogen) atoms. The van der Waals surface area contributed by atoms with Crippen LogP contribution in [0.25, 0.3) is 0 Å². The Kier molecular flexibility index (Phi) is 6.66. The molecule has 4 rings (SSSR count). The topological polar surface area (TPSA) is 32.7 Å². The fraction of sp³-hybridized carbons (Fsp3) is 0.500. The van der Waals surface area contributed by atoms with E-state index in [0.717, 1.165) is 24.1 Å². The molecule has 1 heterocycles. The molecule has 1 saturated heterocycles. The Labute approximate surface area is 187 Å². The molecule has 1 aliphatic heterocycles. The molecule has 1 N–H and O–H groups in total. The van der Waals surface area contributed by atoms with Gasteiger partial charge in [0.2, 0.25) is 0 Å². The van der Waals surface area contributed by atoms with Crippen LogP contribution in [0.4, 0.5) is 0 Å². The molecule has 3 heteroatoms. The molecule has 1 saturated carbocycles. The van der Waals surface area contributed by atoms with Crippen molar-refractivity contribution in [1.82, 2.24) is 4.90 Å². The molecule has 2 aromatic rings. The third-order valence-corrected chi connectivity index (χ3v) is 7.50. The molecule has 5 atom stereocenters. The fourth-order valence-corrected chi connectivity index (χ4v) is 5.67. The van der Waals surface area contributed by atoms with Crippen molar-refractivity contribution in [1.29, 1.82) is 0 Å². The van der Waals surface area contributed by atoms with Crippen LogP contribution in [0.3, 0.4) is 0 Å². The minimum absolute atomic E-state index is 0.0138. The standard InChI is InChI=1S/C28H37NO2/c1-5-11-25(30)22-14-9-10-15-23(22)27-29(19-21-12-7-6-8-13-21)28(3,4)24-17-16-20(2)18-26(24)31-27/h5-10,12-15,20,24-27,30H,1,11,16-19H2,2-4H3/t20-,24-,25+,26-,27+/m1/s1. The van der Waals surface area contributed by atoms with Crippen LogP contribution in [0.1, 0.15) is 75.5 Å². The molecule has 0 unspecified atom stereocenters. The minimum atomic E-state index is -0.568. The van der Waals surface area contributed by atoms with Gasteiger partial charge in [-0.05, 0) is 50.2 Å². The quantitative estimate of drug-likeness (QED) is 0.549. The summed E-state index contributed by atoms with van der Waals surface area (Å²) in [6.07, 6.45) is 5.41. The third kappa shape index (κ3) is 4.50. The van der Waals surface area contributed by atoms with Gasteiger partial charge in [0.05, 0.1) is 12.2 Å². The van der Waals surface area contributed by atoms with Crippen LogP contribution in [0.5, 0.6) is 0 Å². The smallest absolute Gasteiger partial charge is 0.138 e. The zero-order chi connectivity index (χ0) is 22.0. The lowest BCUT2D eigenvalue weighted by Gasteiger charge is -2.57. The van der Waals surface area contributed by atoms with Crippen molar-refractivity contribution < 1.29 is 9.84 Å². The Balaban J connectivity index is 1.77. The number of ether oxygens (including phenoxy) is 1. The molecule has 3 nitrogen and oxygen atoms in total. The number of hydrogen-bond acceptors (Lipinski definition) is 3. The first-order valence-electron chi connectivity index (χ1n) is 11.8. The molecule has 2 aliphatic rings. The van der Waals surface area contributed by atoms with Crippen molar-refractivity contribution in [2.45, 2.75) is 77.0 Å². The largest absolute Gasteiger partial charge is 0.388 e. The second-order valence-corrected chi connectivity index (χ2v) is 9.99. The van der Waals surface area contributed by atoms with Gasteiger partial charge >= 0.3 is 0 Å². The first-order chi connectivity index (χ1) is 14.9. The zero-order valence-corrected chi connectivity index (χ0v) is 19.2. The number of aliphatic hydroxyl groups excluding tert-OH is 1. The summed E-state index contributed by atoms with van der Waals surface area (Å²) in [6, 6.07) is 18.9. The first-order valence-corrected chi connectivity index (χ1v) is 11.8. The summed E-state index contributed by atoms with van der Waals surface area (Å²) >= 11 is 0. The maximum Gasteiger partial charge on any atom is 0.138 e. The van der Waals surface area contributed by atoms with Gasteiger partial charge in [0.15, 0.2) is 0 Å². The summed E-state index contributed by atoms with van der Waals surface area (Å²) in [4.78, 5) is 2.53. The van der Waals surface area contributed by atoms with E-state index >= 15 is 0 Å². The van der Waals surface area contributed by atoms with Gasteiger partial charge in [0.1, 0.15) is 6.23 Å². The van der Waals surface area contributed by atoms with E-state index in [9.17, 15) is 5.11 Å². The molecule has 0 bridgehead atoms. The van der Waals surface area contributed by atoms with E-state index in [1.807, 2.05) is 12.1 Å².